The lowest BCUT2D eigenvalue weighted by Gasteiger charge is -2.19. The zero-order valence-corrected chi connectivity index (χ0v) is 11.5. The van der Waals surface area contributed by atoms with Crippen molar-refractivity contribution in [3.8, 4) is 0 Å². The lowest BCUT2D eigenvalue weighted by atomic mass is 10.3. The van der Waals surface area contributed by atoms with Crippen LogP contribution in [-0.2, 0) is 14.3 Å². The van der Waals surface area contributed by atoms with Crippen LogP contribution in [0.5, 0.6) is 0 Å². The van der Waals surface area contributed by atoms with Crippen molar-refractivity contribution in [2.75, 3.05) is 14.2 Å². The maximum Gasteiger partial charge on any atom is 0.321 e. The number of esters is 1. The molecule has 17 heavy (non-hydrogen) atoms. The Labute approximate surface area is 110 Å². The minimum Gasteiger partial charge on any atom is -0.468 e. The Morgan fingerprint density at radius 3 is 2.35 bits per heavy atom. The molecule has 0 heterocycles. The van der Waals surface area contributed by atoms with E-state index >= 15 is 0 Å². The topological polar surface area (TPSA) is 35.5 Å². The number of benzene rings is 1. The van der Waals surface area contributed by atoms with Crippen molar-refractivity contribution < 1.29 is 14.3 Å². The number of carbonyl (C=O) groups is 1. The van der Waals surface area contributed by atoms with Crippen molar-refractivity contribution >= 4 is 29.3 Å². The van der Waals surface area contributed by atoms with Crippen LogP contribution in [0.4, 0.5) is 0 Å². The molecule has 1 aromatic carbocycles. The number of halogens is 1. The molecular formula is C12H15ClO3S. The minimum atomic E-state index is -0.383. The second-order valence-corrected chi connectivity index (χ2v) is 5.11. The molecule has 3 nitrogen and oxygen atoms in total. The number of ether oxygens (including phenoxy) is 2. The smallest absolute Gasteiger partial charge is 0.321 e. The monoisotopic (exact) mass is 274 g/mol. The fourth-order valence-corrected chi connectivity index (χ4v) is 2.44. The number of carbonyl (C=O) groups excluding carboxylic acids is 1. The van der Waals surface area contributed by atoms with Gasteiger partial charge in [-0.2, -0.15) is 0 Å². The van der Waals surface area contributed by atoms with Crippen LogP contribution in [0.2, 0.25) is 5.02 Å². The van der Waals surface area contributed by atoms with E-state index in [-0.39, 0.29) is 17.3 Å². The Kier molecular flexibility index (Phi) is 5.82. The van der Waals surface area contributed by atoms with Crippen LogP contribution in [0, 0.1) is 0 Å². The van der Waals surface area contributed by atoms with Gasteiger partial charge >= 0.3 is 5.97 Å². The van der Waals surface area contributed by atoms with Crippen LogP contribution >= 0.6 is 23.4 Å². The number of methoxy groups -OCH3 is 2. The molecule has 0 aliphatic carbocycles. The molecule has 0 aromatic heterocycles. The van der Waals surface area contributed by atoms with Gasteiger partial charge in [0, 0.05) is 17.0 Å². The van der Waals surface area contributed by atoms with E-state index in [1.807, 2.05) is 19.1 Å². The Morgan fingerprint density at radius 1 is 1.29 bits per heavy atom. The van der Waals surface area contributed by atoms with E-state index in [0.717, 1.165) is 4.90 Å². The van der Waals surface area contributed by atoms with Gasteiger partial charge in [0.2, 0.25) is 0 Å². The van der Waals surface area contributed by atoms with Crippen LogP contribution in [0.1, 0.15) is 6.92 Å². The van der Waals surface area contributed by atoms with Crippen molar-refractivity contribution in [1.82, 2.24) is 0 Å². The molecule has 1 aromatic rings. The van der Waals surface area contributed by atoms with Gasteiger partial charge in [0.15, 0.2) is 0 Å². The first kappa shape index (κ1) is 14.4. The molecule has 0 N–H and O–H groups in total. The van der Waals surface area contributed by atoms with Crippen LogP contribution in [0.15, 0.2) is 29.2 Å². The number of hydrogen-bond acceptors (Lipinski definition) is 4. The highest BCUT2D eigenvalue weighted by molar-refractivity contribution is 8.00. The van der Waals surface area contributed by atoms with Crippen molar-refractivity contribution in [3.05, 3.63) is 29.3 Å². The maximum absolute atomic E-state index is 11.6. The molecule has 0 saturated carbocycles. The summed E-state index contributed by atoms with van der Waals surface area (Å²) in [7, 11) is 2.95. The molecule has 0 saturated heterocycles. The minimum absolute atomic E-state index is 0.219. The maximum atomic E-state index is 11.6. The van der Waals surface area contributed by atoms with Gasteiger partial charge in [-0.15, -0.1) is 11.8 Å². The average molecular weight is 275 g/mol. The van der Waals surface area contributed by atoms with Gasteiger partial charge in [0.05, 0.1) is 13.2 Å². The first-order valence-electron chi connectivity index (χ1n) is 5.11. The van der Waals surface area contributed by atoms with E-state index in [4.69, 9.17) is 21.1 Å². The third-order valence-corrected chi connectivity index (χ3v) is 3.93. The second kappa shape index (κ2) is 6.89. The quantitative estimate of drug-likeness (QED) is 0.611. The van der Waals surface area contributed by atoms with Crippen molar-refractivity contribution in [2.45, 2.75) is 23.2 Å². The van der Waals surface area contributed by atoms with Gasteiger partial charge in [-0.3, -0.25) is 4.79 Å². The molecule has 0 aliphatic rings. The predicted octanol–water partition coefficient (Wildman–Crippen LogP) is 3.01. The molecule has 0 radical (unpaired) electrons. The lowest BCUT2D eigenvalue weighted by molar-refractivity contribution is -0.142. The third-order valence-electron chi connectivity index (χ3n) is 2.31. The van der Waals surface area contributed by atoms with Gasteiger partial charge in [-0.1, -0.05) is 11.6 Å². The van der Waals surface area contributed by atoms with Crippen molar-refractivity contribution in [2.24, 2.45) is 0 Å². The molecule has 2 unspecified atom stereocenters. The summed E-state index contributed by atoms with van der Waals surface area (Å²) in [5, 5.41) is 0.287. The molecule has 5 heteroatoms. The van der Waals surface area contributed by atoms with Crippen LogP contribution in [-0.4, -0.2) is 31.5 Å². The fraction of sp³-hybridized carbons (Fsp3) is 0.417. The van der Waals surface area contributed by atoms with Gasteiger partial charge in [-0.25, -0.2) is 0 Å². The SMILES string of the molecule is COC(=O)C(Sc1ccc(Cl)cc1)C(C)OC. The molecule has 0 spiro atoms. The molecule has 0 amide bonds. The molecule has 94 valence electrons. The molecule has 1 rings (SSSR count). The molecule has 2 atom stereocenters. The molecular weight excluding hydrogens is 260 g/mol. The highest BCUT2D eigenvalue weighted by Crippen LogP contribution is 2.28. The van der Waals surface area contributed by atoms with Crippen LogP contribution in [0.3, 0.4) is 0 Å². The summed E-state index contributed by atoms with van der Waals surface area (Å²) in [4.78, 5) is 12.6. The van der Waals surface area contributed by atoms with E-state index in [1.165, 1.54) is 18.9 Å². The summed E-state index contributed by atoms with van der Waals surface area (Å²) in [5.74, 6) is -0.292. The first-order chi connectivity index (χ1) is 8.08. The summed E-state index contributed by atoms with van der Waals surface area (Å²) in [5.41, 5.74) is 0. The number of hydrogen-bond donors (Lipinski definition) is 0. The number of rotatable bonds is 5. The average Bonchev–Trinajstić information content (AvgIpc) is 2.36. The molecule has 0 bridgehead atoms. The zero-order valence-electron chi connectivity index (χ0n) is 9.98. The third kappa shape index (κ3) is 4.22. The summed E-state index contributed by atoms with van der Waals surface area (Å²) >= 11 is 7.21. The van der Waals surface area contributed by atoms with Gasteiger partial charge in [-0.05, 0) is 31.2 Å². The van der Waals surface area contributed by atoms with Gasteiger partial charge in [0.25, 0.3) is 0 Å². The Hall–Kier alpha value is -0.710. The van der Waals surface area contributed by atoms with E-state index in [0.29, 0.717) is 5.02 Å². The van der Waals surface area contributed by atoms with Gasteiger partial charge in [0.1, 0.15) is 5.25 Å². The molecule has 0 fully saturated rings. The summed E-state index contributed by atoms with van der Waals surface area (Å²) in [6.07, 6.45) is -0.219. The molecule has 0 aliphatic heterocycles. The highest BCUT2D eigenvalue weighted by Gasteiger charge is 2.27. The van der Waals surface area contributed by atoms with Crippen molar-refractivity contribution in [3.63, 3.8) is 0 Å². The van der Waals surface area contributed by atoms with Crippen LogP contribution in [0.25, 0.3) is 0 Å². The highest BCUT2D eigenvalue weighted by atomic mass is 35.5. The van der Waals surface area contributed by atoms with Crippen LogP contribution < -0.4 is 0 Å². The van der Waals surface area contributed by atoms with Gasteiger partial charge < -0.3 is 9.47 Å². The Morgan fingerprint density at radius 2 is 1.88 bits per heavy atom. The Balaban J connectivity index is 2.78. The van der Waals surface area contributed by atoms with E-state index < -0.39 is 0 Å². The number of thioether (sulfide) groups is 1. The zero-order chi connectivity index (χ0) is 12.8. The van der Waals surface area contributed by atoms with Crippen molar-refractivity contribution in [1.29, 1.82) is 0 Å². The standard InChI is InChI=1S/C12H15ClO3S/c1-8(15-2)11(12(14)16-3)17-10-6-4-9(13)5-7-10/h4-8,11H,1-3H3. The summed E-state index contributed by atoms with van der Waals surface area (Å²) in [6.45, 7) is 1.84. The fourth-order valence-electron chi connectivity index (χ4n) is 1.24. The van der Waals surface area contributed by atoms with E-state index in [2.05, 4.69) is 0 Å². The summed E-state index contributed by atoms with van der Waals surface area (Å²) in [6, 6.07) is 7.31. The van der Waals surface area contributed by atoms with E-state index in [1.54, 1.807) is 19.2 Å². The van der Waals surface area contributed by atoms with E-state index in [9.17, 15) is 4.79 Å². The summed E-state index contributed by atoms with van der Waals surface area (Å²) < 4.78 is 9.95. The normalized spacial score (nSPS) is 14.1. The Bertz CT molecular complexity index is 367. The second-order valence-electron chi connectivity index (χ2n) is 3.46. The predicted molar refractivity (Wildman–Crippen MR) is 69.6 cm³/mol. The lowest BCUT2D eigenvalue weighted by Crippen LogP contribution is -2.31. The first-order valence-corrected chi connectivity index (χ1v) is 6.37. The largest absolute Gasteiger partial charge is 0.468 e.